The van der Waals surface area contributed by atoms with E-state index >= 15 is 0 Å². The standard InChI is InChI=1S/C64H85FN14O7S/c1-40-33-76(24-23-75(40)35-49-36-78(61(82)86-62(5,6)7)41(2)34-77(49)37-55(80)79-38-64(11,12)56-52(79)27-46(30-66-56)26-45-15-17-48(65)18-16-45)59(81)47-31-67-60(68-32-47)74-21-19-44(20-22-74)14-13-25-85-53-29-51-50(28-54(53)87(83,84)63(8,9)10)58(70-39-69-51)71-57-42(3)43(4)72-73-57/h15-18,27-32,39-41,44,49H,13-14,19-26,33-38H2,1-12H3,(H2,69,70,71,72,73)/t40-,41-,49+/m1/s1. The molecule has 466 valence electrons. The van der Waals surface area contributed by atoms with Gasteiger partial charge >= 0.3 is 6.09 Å². The van der Waals surface area contributed by atoms with E-state index < -0.39 is 20.2 Å². The number of hydrogen-bond donors (Lipinski definition) is 2. The van der Waals surface area contributed by atoms with Gasteiger partial charge in [-0.1, -0.05) is 26.0 Å². The summed E-state index contributed by atoms with van der Waals surface area (Å²) in [7, 11) is -3.83. The van der Waals surface area contributed by atoms with Crippen molar-refractivity contribution in [2.45, 2.75) is 154 Å². The summed E-state index contributed by atoms with van der Waals surface area (Å²) in [6.07, 6.45) is 10.2. The van der Waals surface area contributed by atoms with E-state index in [1.807, 2.05) is 63.6 Å². The van der Waals surface area contributed by atoms with E-state index in [0.29, 0.717) is 98.8 Å². The van der Waals surface area contributed by atoms with Crippen LogP contribution in [0.15, 0.2) is 72.3 Å². The van der Waals surface area contributed by atoms with Gasteiger partial charge in [0, 0.05) is 124 Å². The van der Waals surface area contributed by atoms with Crippen LogP contribution in [-0.4, -0.2) is 182 Å². The second-order valence-corrected chi connectivity index (χ2v) is 29.5. The van der Waals surface area contributed by atoms with Crippen LogP contribution in [0.2, 0.25) is 0 Å². The molecule has 2 aromatic carbocycles. The molecule has 0 radical (unpaired) electrons. The van der Waals surface area contributed by atoms with Crippen molar-refractivity contribution in [3.63, 3.8) is 0 Å². The molecule has 0 unspecified atom stereocenters. The van der Waals surface area contributed by atoms with Crippen molar-refractivity contribution in [1.29, 1.82) is 0 Å². The van der Waals surface area contributed by atoms with E-state index in [-0.39, 0.29) is 64.5 Å². The number of aryl methyl sites for hydroxylation is 1. The smallest absolute Gasteiger partial charge is 0.410 e. The molecule has 3 fully saturated rings. The number of halogens is 1. The number of aromatic amines is 1. The van der Waals surface area contributed by atoms with Gasteiger partial charge in [0.2, 0.25) is 11.9 Å². The number of H-pyrrole nitrogens is 1. The van der Waals surface area contributed by atoms with Gasteiger partial charge in [-0.25, -0.2) is 37.5 Å². The lowest BCUT2D eigenvalue weighted by atomic mass is 9.91. The maximum absolute atomic E-state index is 14.7. The first-order chi connectivity index (χ1) is 41.1. The first kappa shape index (κ1) is 62.7. The van der Waals surface area contributed by atoms with Crippen molar-refractivity contribution < 1.29 is 36.7 Å². The average Bonchev–Trinajstić information content (AvgIpc) is 1.91. The lowest BCUT2D eigenvalue weighted by Crippen LogP contribution is -2.65. The third-order valence-corrected chi connectivity index (χ3v) is 20.0. The predicted octanol–water partition coefficient (Wildman–Crippen LogP) is 9.06. The third kappa shape index (κ3) is 14.0. The Bertz CT molecular complexity index is 3600. The minimum atomic E-state index is -3.83. The van der Waals surface area contributed by atoms with Crippen LogP contribution in [0.5, 0.6) is 5.75 Å². The highest BCUT2D eigenvalue weighted by Gasteiger charge is 2.44. The highest BCUT2D eigenvalue weighted by molar-refractivity contribution is 7.92. The normalized spacial score (nSPS) is 19.8. The van der Waals surface area contributed by atoms with Crippen molar-refractivity contribution in [2.75, 3.05) is 87.2 Å². The van der Waals surface area contributed by atoms with E-state index in [9.17, 15) is 27.2 Å². The molecule has 0 saturated carbocycles. The molecule has 2 N–H and O–H groups in total. The number of piperazine rings is 2. The number of piperidine rings is 1. The fourth-order valence-electron chi connectivity index (χ4n) is 12.3. The van der Waals surface area contributed by atoms with Gasteiger partial charge in [-0.2, -0.15) is 5.10 Å². The van der Waals surface area contributed by atoms with Gasteiger partial charge in [0.15, 0.2) is 15.7 Å². The van der Waals surface area contributed by atoms with Crippen LogP contribution in [0.1, 0.15) is 133 Å². The molecule has 10 rings (SSSR count). The molecule has 3 amide bonds. The maximum Gasteiger partial charge on any atom is 0.410 e. The third-order valence-electron chi connectivity index (χ3n) is 17.5. The van der Waals surface area contributed by atoms with Crippen LogP contribution in [-0.2, 0) is 31.2 Å². The minimum absolute atomic E-state index is 0.0331. The van der Waals surface area contributed by atoms with E-state index in [0.717, 1.165) is 72.5 Å². The predicted molar refractivity (Wildman–Crippen MR) is 333 cm³/mol. The summed E-state index contributed by atoms with van der Waals surface area (Å²) in [6, 6.07) is 11.3. The summed E-state index contributed by atoms with van der Waals surface area (Å²) < 4.78 is 52.9. The largest absolute Gasteiger partial charge is 0.492 e. The van der Waals surface area contributed by atoms with Gasteiger partial charge in [-0.15, -0.1) is 0 Å². The van der Waals surface area contributed by atoms with Crippen LogP contribution in [0, 0.1) is 25.6 Å². The zero-order valence-corrected chi connectivity index (χ0v) is 53.3. The van der Waals surface area contributed by atoms with Crippen molar-refractivity contribution in [3.05, 3.63) is 107 Å². The summed E-state index contributed by atoms with van der Waals surface area (Å²) in [5, 5.41) is 11.1. The van der Waals surface area contributed by atoms with Crippen LogP contribution < -0.4 is 19.9 Å². The van der Waals surface area contributed by atoms with Crippen LogP contribution >= 0.6 is 0 Å². The number of carbonyl (C=O) groups is 3. The van der Waals surface area contributed by atoms with Crippen LogP contribution in [0.25, 0.3) is 10.9 Å². The lowest BCUT2D eigenvalue weighted by Gasteiger charge is -2.48. The number of sulfone groups is 1. The lowest BCUT2D eigenvalue weighted by molar-refractivity contribution is -0.121. The number of rotatable bonds is 16. The molecule has 87 heavy (non-hydrogen) atoms. The summed E-state index contributed by atoms with van der Waals surface area (Å²) in [4.78, 5) is 78.0. The van der Waals surface area contributed by atoms with Crippen LogP contribution in [0.3, 0.4) is 0 Å². The number of ether oxygens (including phenoxy) is 2. The molecule has 4 aromatic heterocycles. The van der Waals surface area contributed by atoms with Crippen LogP contribution in [0.4, 0.5) is 32.5 Å². The summed E-state index contributed by atoms with van der Waals surface area (Å²) in [5.41, 5.74) is 5.28. The van der Waals surface area contributed by atoms with Gasteiger partial charge < -0.3 is 34.4 Å². The van der Waals surface area contributed by atoms with E-state index in [4.69, 9.17) is 24.4 Å². The Hall–Kier alpha value is -7.37. The number of pyridine rings is 1. The Kier molecular flexibility index (Phi) is 18.0. The summed E-state index contributed by atoms with van der Waals surface area (Å²) in [5.74, 6) is 1.84. The van der Waals surface area contributed by atoms with Crippen molar-refractivity contribution >= 4 is 61.9 Å². The highest BCUT2D eigenvalue weighted by atomic mass is 32.2. The van der Waals surface area contributed by atoms with E-state index in [1.165, 1.54) is 18.5 Å². The SMILES string of the molecule is Cc1[nH]nc(Nc2ncnc3cc(OCCCC4CCN(c5ncc(C(=O)N6CCN(C[C@H]7CN(C(=O)OC(C)(C)C)[C@H](C)CN7CC(=O)N7CC(C)(C)c8ncc(Cc9ccc(F)cc9)cc87)[C@H](C)C6)cn5)CC4)c(S(=O)(=O)C(C)(C)C)cc23)c1C. The molecular weight excluding hydrogens is 1130 g/mol. The fraction of sp³-hybridized carbons (Fsp3) is 0.547. The number of amides is 3. The molecule has 0 bridgehead atoms. The summed E-state index contributed by atoms with van der Waals surface area (Å²) in [6.45, 7) is 28.2. The fourth-order valence-corrected chi connectivity index (χ4v) is 13.6. The molecule has 4 aliphatic rings. The Morgan fingerprint density at radius 2 is 1.55 bits per heavy atom. The molecule has 0 spiro atoms. The number of aromatic nitrogens is 7. The quantitative estimate of drug-likeness (QED) is 0.0861. The zero-order valence-electron chi connectivity index (χ0n) is 52.5. The topological polar surface area (TPSA) is 228 Å². The molecule has 3 atom stereocenters. The van der Waals surface area contributed by atoms with Crippen molar-refractivity contribution in [3.8, 4) is 5.75 Å². The second kappa shape index (κ2) is 25.0. The maximum atomic E-state index is 14.7. The Balaban J connectivity index is 0.728. The Morgan fingerprint density at radius 3 is 2.22 bits per heavy atom. The first-order valence-corrected chi connectivity index (χ1v) is 31.9. The molecule has 3 saturated heterocycles. The molecule has 4 aliphatic heterocycles. The van der Waals surface area contributed by atoms with Gasteiger partial charge in [0.25, 0.3) is 5.91 Å². The van der Waals surface area contributed by atoms with Gasteiger partial charge in [0.1, 0.15) is 34.2 Å². The van der Waals surface area contributed by atoms with E-state index in [2.05, 4.69) is 61.0 Å². The number of nitrogens with zero attached hydrogens (tertiary/aromatic N) is 12. The number of nitrogens with one attached hydrogen (secondary N) is 2. The zero-order chi connectivity index (χ0) is 62.3. The molecule has 0 aliphatic carbocycles. The average molecular weight is 1210 g/mol. The molecule has 8 heterocycles. The number of fused-ring (bicyclic) bond motifs is 2. The number of hydrogen-bond acceptors (Lipinski definition) is 17. The molecular formula is C64H85FN14O7S. The van der Waals surface area contributed by atoms with Gasteiger partial charge in [-0.05, 0) is 143 Å². The first-order valence-electron chi connectivity index (χ1n) is 30.5. The van der Waals surface area contributed by atoms with Gasteiger partial charge in [0.05, 0.1) is 40.4 Å². The molecule has 6 aromatic rings. The Labute approximate surface area is 510 Å². The Morgan fingerprint density at radius 1 is 0.828 bits per heavy atom. The monoisotopic (exact) mass is 1210 g/mol. The molecule has 21 nitrogen and oxygen atoms in total. The highest BCUT2D eigenvalue weighted by Crippen LogP contribution is 2.41. The van der Waals surface area contributed by atoms with Crippen molar-refractivity contribution in [2.24, 2.45) is 5.92 Å². The minimum Gasteiger partial charge on any atom is -0.492 e. The number of anilines is 4. The van der Waals surface area contributed by atoms with Crippen molar-refractivity contribution in [1.82, 2.24) is 54.7 Å². The summed E-state index contributed by atoms with van der Waals surface area (Å²) >= 11 is 0. The van der Waals surface area contributed by atoms with E-state index in [1.54, 1.807) is 62.3 Å². The number of benzene rings is 2. The number of carbonyl (C=O) groups excluding carboxylic acids is 3. The second-order valence-electron chi connectivity index (χ2n) is 26.8. The van der Waals surface area contributed by atoms with Gasteiger partial charge in [-0.3, -0.25) is 29.5 Å². The molecule has 23 heteroatoms.